The topological polar surface area (TPSA) is 58.4 Å². The van der Waals surface area contributed by atoms with Gasteiger partial charge in [-0.2, -0.15) is 5.10 Å². The molecule has 134 valence electrons. The summed E-state index contributed by atoms with van der Waals surface area (Å²) < 4.78 is 20.0. The van der Waals surface area contributed by atoms with Gasteiger partial charge in [0.25, 0.3) is 0 Å². The Labute approximate surface area is 152 Å². The second kappa shape index (κ2) is 6.90. The standard InChI is InChI=1S/C20H21N3O3/c1-15-16(2)26-20(25-15,12-23-14-21-13-22-23)17-8-10-19(11-9-17)24-18-6-4-3-5-7-18/h3-11,13-16H,12H2,1-2H3. The number of rotatable bonds is 5. The van der Waals surface area contributed by atoms with Gasteiger partial charge in [-0.05, 0) is 50.2 Å². The Morgan fingerprint density at radius 1 is 0.962 bits per heavy atom. The van der Waals surface area contributed by atoms with Gasteiger partial charge in [-0.3, -0.25) is 0 Å². The highest BCUT2D eigenvalue weighted by Crippen LogP contribution is 2.39. The minimum absolute atomic E-state index is 0.0150. The van der Waals surface area contributed by atoms with Gasteiger partial charge in [-0.1, -0.05) is 18.2 Å². The molecule has 4 rings (SSSR count). The molecule has 1 aliphatic rings. The first-order valence-electron chi connectivity index (χ1n) is 8.66. The van der Waals surface area contributed by atoms with Gasteiger partial charge in [-0.15, -0.1) is 0 Å². The molecule has 2 heterocycles. The highest BCUT2D eigenvalue weighted by molar-refractivity contribution is 5.34. The summed E-state index contributed by atoms with van der Waals surface area (Å²) >= 11 is 0. The van der Waals surface area contributed by atoms with Crippen molar-refractivity contribution in [3.05, 3.63) is 72.8 Å². The van der Waals surface area contributed by atoms with E-state index in [0.717, 1.165) is 17.1 Å². The van der Waals surface area contributed by atoms with Crippen molar-refractivity contribution in [3.63, 3.8) is 0 Å². The number of hydrogen-bond donors (Lipinski definition) is 0. The van der Waals surface area contributed by atoms with Gasteiger partial charge in [0.15, 0.2) is 0 Å². The third-order valence-corrected chi connectivity index (χ3v) is 4.52. The molecule has 2 atom stereocenters. The van der Waals surface area contributed by atoms with Crippen LogP contribution in [-0.2, 0) is 21.8 Å². The van der Waals surface area contributed by atoms with E-state index in [1.54, 1.807) is 11.0 Å². The lowest BCUT2D eigenvalue weighted by atomic mass is 10.1. The van der Waals surface area contributed by atoms with Gasteiger partial charge in [0, 0.05) is 5.56 Å². The number of hydrogen-bond acceptors (Lipinski definition) is 5. The zero-order chi connectivity index (χ0) is 18.0. The van der Waals surface area contributed by atoms with Gasteiger partial charge < -0.3 is 14.2 Å². The lowest BCUT2D eigenvalue weighted by Gasteiger charge is -2.28. The maximum absolute atomic E-state index is 6.23. The van der Waals surface area contributed by atoms with Crippen LogP contribution in [0.2, 0.25) is 0 Å². The fraction of sp³-hybridized carbons (Fsp3) is 0.300. The van der Waals surface area contributed by atoms with Crippen molar-refractivity contribution in [1.82, 2.24) is 14.8 Å². The van der Waals surface area contributed by atoms with Crippen molar-refractivity contribution in [1.29, 1.82) is 0 Å². The van der Waals surface area contributed by atoms with Gasteiger partial charge in [0.1, 0.15) is 30.7 Å². The Balaban J connectivity index is 1.60. The van der Waals surface area contributed by atoms with Crippen LogP contribution in [0.1, 0.15) is 19.4 Å². The zero-order valence-electron chi connectivity index (χ0n) is 14.8. The zero-order valence-corrected chi connectivity index (χ0v) is 14.8. The lowest BCUT2D eigenvalue weighted by molar-refractivity contribution is -0.193. The van der Waals surface area contributed by atoms with Crippen LogP contribution < -0.4 is 4.74 Å². The second-order valence-corrected chi connectivity index (χ2v) is 6.43. The monoisotopic (exact) mass is 351 g/mol. The van der Waals surface area contributed by atoms with Crippen LogP contribution in [0.3, 0.4) is 0 Å². The molecule has 2 aromatic carbocycles. The number of para-hydroxylation sites is 1. The normalized spacial score (nSPS) is 25.3. The predicted molar refractivity (Wildman–Crippen MR) is 95.8 cm³/mol. The SMILES string of the molecule is CC1OC(Cn2cncn2)(c2ccc(Oc3ccccc3)cc2)OC1C. The van der Waals surface area contributed by atoms with Crippen LogP contribution in [0.5, 0.6) is 11.5 Å². The van der Waals surface area contributed by atoms with Crippen LogP contribution in [0.15, 0.2) is 67.3 Å². The van der Waals surface area contributed by atoms with Crippen molar-refractivity contribution < 1.29 is 14.2 Å². The Morgan fingerprint density at radius 3 is 2.23 bits per heavy atom. The summed E-state index contributed by atoms with van der Waals surface area (Å²) in [7, 11) is 0. The first kappa shape index (κ1) is 16.8. The molecule has 0 bridgehead atoms. The molecule has 0 aliphatic carbocycles. The van der Waals surface area contributed by atoms with Crippen LogP contribution in [-0.4, -0.2) is 27.0 Å². The molecule has 3 aromatic rings. The van der Waals surface area contributed by atoms with E-state index in [0.29, 0.717) is 6.54 Å². The smallest absolute Gasteiger partial charge is 0.215 e. The first-order chi connectivity index (χ1) is 12.6. The van der Waals surface area contributed by atoms with E-state index < -0.39 is 5.79 Å². The number of benzene rings is 2. The Morgan fingerprint density at radius 2 is 1.62 bits per heavy atom. The molecular weight excluding hydrogens is 330 g/mol. The van der Waals surface area contributed by atoms with E-state index in [4.69, 9.17) is 14.2 Å². The number of nitrogens with zero attached hydrogens (tertiary/aromatic N) is 3. The minimum atomic E-state index is -0.891. The van der Waals surface area contributed by atoms with E-state index in [1.165, 1.54) is 6.33 Å². The van der Waals surface area contributed by atoms with E-state index in [1.807, 2.05) is 68.4 Å². The average molecular weight is 351 g/mol. The molecule has 1 aromatic heterocycles. The maximum atomic E-state index is 6.23. The van der Waals surface area contributed by atoms with E-state index in [-0.39, 0.29) is 12.2 Å². The second-order valence-electron chi connectivity index (χ2n) is 6.43. The molecule has 0 spiro atoms. The molecule has 0 radical (unpaired) electrons. The summed E-state index contributed by atoms with van der Waals surface area (Å²) in [6.45, 7) is 4.46. The van der Waals surface area contributed by atoms with Gasteiger partial charge >= 0.3 is 0 Å². The van der Waals surface area contributed by atoms with E-state index in [2.05, 4.69) is 10.1 Å². The highest BCUT2D eigenvalue weighted by atomic mass is 16.8. The lowest BCUT2D eigenvalue weighted by Crippen LogP contribution is -2.34. The first-order valence-corrected chi connectivity index (χ1v) is 8.66. The number of ether oxygens (including phenoxy) is 3. The molecule has 1 fully saturated rings. The largest absolute Gasteiger partial charge is 0.457 e. The third-order valence-electron chi connectivity index (χ3n) is 4.52. The molecule has 0 amide bonds. The minimum Gasteiger partial charge on any atom is -0.457 e. The van der Waals surface area contributed by atoms with Crippen molar-refractivity contribution >= 4 is 0 Å². The summed E-state index contributed by atoms with van der Waals surface area (Å²) in [6.07, 6.45) is 3.14. The molecule has 1 aliphatic heterocycles. The Kier molecular flexibility index (Phi) is 4.44. The quantitative estimate of drug-likeness (QED) is 0.701. The van der Waals surface area contributed by atoms with Gasteiger partial charge in [0.05, 0.1) is 12.2 Å². The van der Waals surface area contributed by atoms with Gasteiger partial charge in [-0.25, -0.2) is 9.67 Å². The van der Waals surface area contributed by atoms with Crippen LogP contribution in [0, 0.1) is 0 Å². The van der Waals surface area contributed by atoms with Crippen molar-refractivity contribution in [2.24, 2.45) is 0 Å². The highest BCUT2D eigenvalue weighted by Gasteiger charge is 2.46. The predicted octanol–water partition coefficient (Wildman–Crippen LogP) is 3.75. The fourth-order valence-corrected chi connectivity index (χ4v) is 3.05. The molecule has 6 nitrogen and oxygen atoms in total. The van der Waals surface area contributed by atoms with E-state index in [9.17, 15) is 0 Å². The van der Waals surface area contributed by atoms with Crippen molar-refractivity contribution in [2.75, 3.05) is 0 Å². The Bertz CT molecular complexity index is 825. The number of aromatic nitrogens is 3. The summed E-state index contributed by atoms with van der Waals surface area (Å²) in [5.41, 5.74) is 0.921. The van der Waals surface area contributed by atoms with Crippen LogP contribution in [0.25, 0.3) is 0 Å². The average Bonchev–Trinajstić information content (AvgIpc) is 3.25. The summed E-state index contributed by atoms with van der Waals surface area (Å²) in [6, 6.07) is 17.5. The molecule has 6 heteroatoms. The van der Waals surface area contributed by atoms with E-state index >= 15 is 0 Å². The fourth-order valence-electron chi connectivity index (χ4n) is 3.05. The molecule has 26 heavy (non-hydrogen) atoms. The summed E-state index contributed by atoms with van der Waals surface area (Å²) in [5.74, 6) is 0.667. The van der Waals surface area contributed by atoms with Crippen molar-refractivity contribution in [2.45, 2.75) is 38.4 Å². The van der Waals surface area contributed by atoms with Gasteiger partial charge in [0.2, 0.25) is 5.79 Å². The van der Waals surface area contributed by atoms with Crippen LogP contribution >= 0.6 is 0 Å². The molecule has 1 saturated heterocycles. The molecule has 0 saturated carbocycles. The van der Waals surface area contributed by atoms with Crippen molar-refractivity contribution in [3.8, 4) is 11.5 Å². The van der Waals surface area contributed by atoms with Crippen LogP contribution in [0.4, 0.5) is 0 Å². The molecular formula is C20H21N3O3. The Hall–Kier alpha value is -2.70. The molecule has 2 unspecified atom stereocenters. The summed E-state index contributed by atoms with van der Waals surface area (Å²) in [4.78, 5) is 4.01. The maximum Gasteiger partial charge on any atom is 0.215 e. The molecule has 0 N–H and O–H groups in total. The summed E-state index contributed by atoms with van der Waals surface area (Å²) in [5, 5.41) is 4.19. The third kappa shape index (κ3) is 3.34.